The summed E-state index contributed by atoms with van der Waals surface area (Å²) in [5, 5.41) is 2.73. The Balaban J connectivity index is 1.24. The van der Waals surface area contributed by atoms with Crippen LogP contribution in [0.5, 0.6) is 0 Å². The van der Waals surface area contributed by atoms with Gasteiger partial charge in [-0.25, -0.2) is 9.97 Å². The number of carbonyl (C=O) groups is 2. The number of hydrogen-bond acceptors (Lipinski definition) is 7. The summed E-state index contributed by atoms with van der Waals surface area (Å²) in [6.07, 6.45) is -1.64. The Bertz CT molecular complexity index is 1560. The van der Waals surface area contributed by atoms with Crippen molar-refractivity contribution in [3.63, 3.8) is 0 Å². The smallest absolute Gasteiger partial charge is 0.368 e. The second-order valence-corrected chi connectivity index (χ2v) is 11.5. The number of likely N-dealkylation sites (N-methyl/N-ethyl adjacent to an activating group) is 1. The number of nitrogen functional groups attached to an aromatic ring is 1. The topological polar surface area (TPSA) is 108 Å². The second kappa shape index (κ2) is 10.4. The number of hydrogen-bond donors (Lipinski definition) is 2. The molecule has 0 bridgehead atoms. The van der Waals surface area contributed by atoms with Crippen LogP contribution >= 0.6 is 0 Å². The molecule has 1 saturated heterocycles. The van der Waals surface area contributed by atoms with Gasteiger partial charge in [0.05, 0.1) is 23.2 Å². The zero-order chi connectivity index (χ0) is 29.8. The number of fused-ring (bicyclic) bond motifs is 2. The number of nitrogens with two attached hydrogens (primary N) is 1. The number of nitrogens with zero attached hydrogens (tertiary/aromatic N) is 5. The fourth-order valence-corrected chi connectivity index (χ4v) is 5.87. The Labute approximate surface area is 241 Å². The fraction of sp³-hybridized carbons (Fsp3) is 0.400. The molecule has 9 nitrogen and oxygen atoms in total. The molecule has 2 amide bonds. The summed E-state index contributed by atoms with van der Waals surface area (Å²) in [4.78, 5) is 41.1. The molecule has 1 spiro atoms. The van der Waals surface area contributed by atoms with E-state index in [0.717, 1.165) is 30.3 Å². The first-order chi connectivity index (χ1) is 19.9. The largest absolute Gasteiger partial charge is 0.416 e. The summed E-state index contributed by atoms with van der Waals surface area (Å²) in [7, 11) is 1.99. The highest BCUT2D eigenvalue weighted by atomic mass is 19.4. The van der Waals surface area contributed by atoms with Crippen molar-refractivity contribution in [2.75, 3.05) is 49.2 Å². The molecule has 0 atom stereocenters. The van der Waals surface area contributed by atoms with Gasteiger partial charge in [0.2, 0.25) is 11.9 Å². The van der Waals surface area contributed by atoms with Gasteiger partial charge in [-0.3, -0.25) is 14.5 Å². The Hall–Kier alpha value is -4.03. The molecule has 0 radical (unpaired) electrons. The summed E-state index contributed by atoms with van der Waals surface area (Å²) in [6.45, 7) is 5.21. The molecule has 1 saturated carbocycles. The highest BCUT2D eigenvalue weighted by Crippen LogP contribution is 2.53. The van der Waals surface area contributed by atoms with E-state index in [4.69, 9.17) is 5.73 Å². The maximum absolute atomic E-state index is 14.1. The number of nitrogens with one attached hydrogen (secondary N) is 1. The van der Waals surface area contributed by atoms with Crippen LogP contribution in [0, 0.1) is 6.92 Å². The molecular formula is C30H32F3N7O2. The summed E-state index contributed by atoms with van der Waals surface area (Å²) >= 11 is 0. The van der Waals surface area contributed by atoms with E-state index in [-0.39, 0.29) is 36.1 Å². The van der Waals surface area contributed by atoms with Crippen LogP contribution in [0.25, 0.3) is 0 Å². The molecule has 0 unspecified atom stereocenters. The zero-order valence-corrected chi connectivity index (χ0v) is 23.5. The first-order valence-electron chi connectivity index (χ1n) is 13.9. The number of carbonyl (C=O) groups excluding carboxylic acids is 2. The van der Waals surface area contributed by atoms with E-state index in [1.165, 1.54) is 12.1 Å². The van der Waals surface area contributed by atoms with Crippen molar-refractivity contribution >= 4 is 29.1 Å². The van der Waals surface area contributed by atoms with Gasteiger partial charge in [-0.1, -0.05) is 12.1 Å². The third-order valence-corrected chi connectivity index (χ3v) is 8.49. The molecule has 6 rings (SSSR count). The first kappa shape index (κ1) is 28.1. The SMILES string of the molecule is Cc1ccc(NC(=O)c2ccc(CN3CCN(C)CC3)c(C(F)(F)F)c2)cc1N1Cc2cnc(N)nc2C2(CC2)C1=O. The van der Waals surface area contributed by atoms with E-state index in [1.807, 2.05) is 18.9 Å². The van der Waals surface area contributed by atoms with Gasteiger partial charge in [-0.2, -0.15) is 13.2 Å². The third kappa shape index (κ3) is 5.20. The van der Waals surface area contributed by atoms with Gasteiger partial charge in [-0.15, -0.1) is 0 Å². The number of halogens is 3. The van der Waals surface area contributed by atoms with E-state index >= 15 is 0 Å². The number of amides is 2. The normalized spacial score (nSPS) is 18.7. The van der Waals surface area contributed by atoms with Crippen LogP contribution in [0.2, 0.25) is 0 Å². The van der Waals surface area contributed by atoms with Crippen LogP contribution in [0.3, 0.4) is 0 Å². The lowest BCUT2D eigenvalue weighted by molar-refractivity contribution is -0.138. The monoisotopic (exact) mass is 579 g/mol. The van der Waals surface area contributed by atoms with Crippen LogP contribution in [-0.2, 0) is 29.5 Å². The summed E-state index contributed by atoms with van der Waals surface area (Å²) in [5.41, 5.74) is 7.57. The number of aryl methyl sites for hydroxylation is 1. The van der Waals surface area contributed by atoms with E-state index in [1.54, 1.807) is 29.3 Å². The molecule has 12 heteroatoms. The number of rotatable bonds is 5. The molecule has 2 aliphatic heterocycles. The molecule has 3 N–H and O–H groups in total. The van der Waals surface area contributed by atoms with Crippen LogP contribution in [0.15, 0.2) is 42.6 Å². The van der Waals surface area contributed by atoms with Crippen LogP contribution in [-0.4, -0.2) is 64.8 Å². The molecule has 3 aliphatic rings. The summed E-state index contributed by atoms with van der Waals surface area (Å²) < 4.78 is 42.2. The van der Waals surface area contributed by atoms with Crippen molar-refractivity contribution in [3.05, 3.63) is 76.1 Å². The van der Waals surface area contributed by atoms with Gasteiger partial charge in [0.1, 0.15) is 0 Å². The van der Waals surface area contributed by atoms with Crippen molar-refractivity contribution < 1.29 is 22.8 Å². The van der Waals surface area contributed by atoms with Crippen molar-refractivity contribution in [1.29, 1.82) is 0 Å². The van der Waals surface area contributed by atoms with Gasteiger partial charge in [0.25, 0.3) is 5.91 Å². The average molecular weight is 580 g/mol. The third-order valence-electron chi connectivity index (χ3n) is 8.49. The lowest BCUT2D eigenvalue weighted by Crippen LogP contribution is -2.45. The van der Waals surface area contributed by atoms with Gasteiger partial charge in [0, 0.05) is 61.4 Å². The van der Waals surface area contributed by atoms with Gasteiger partial charge in [-0.05, 0) is 62.2 Å². The highest BCUT2D eigenvalue weighted by Gasteiger charge is 2.58. The second-order valence-electron chi connectivity index (χ2n) is 11.5. The minimum Gasteiger partial charge on any atom is -0.368 e. The number of alkyl halides is 3. The Morgan fingerprint density at radius 1 is 1.10 bits per heavy atom. The molecule has 3 aromatic rings. The first-order valence-corrected chi connectivity index (χ1v) is 13.9. The van der Waals surface area contributed by atoms with Crippen molar-refractivity contribution in [2.45, 2.75) is 44.4 Å². The van der Waals surface area contributed by atoms with E-state index in [2.05, 4.69) is 20.2 Å². The average Bonchev–Trinajstić information content (AvgIpc) is 3.75. The minimum absolute atomic E-state index is 0.0922. The molecule has 42 heavy (non-hydrogen) atoms. The lowest BCUT2D eigenvalue weighted by atomic mass is 9.91. The number of piperazine rings is 1. The molecule has 3 heterocycles. The maximum atomic E-state index is 14.1. The molecular weight excluding hydrogens is 547 g/mol. The molecule has 220 valence electrons. The minimum atomic E-state index is -4.60. The molecule has 1 aromatic heterocycles. The van der Waals surface area contributed by atoms with Crippen LogP contribution < -0.4 is 16.0 Å². The molecule has 1 aliphatic carbocycles. The van der Waals surface area contributed by atoms with Gasteiger partial charge in [0.15, 0.2) is 0 Å². The molecule has 2 fully saturated rings. The van der Waals surface area contributed by atoms with Gasteiger partial charge >= 0.3 is 6.18 Å². The number of aromatic nitrogens is 2. The Morgan fingerprint density at radius 2 is 1.83 bits per heavy atom. The molecule has 2 aromatic carbocycles. The van der Waals surface area contributed by atoms with E-state index < -0.39 is 23.1 Å². The Kier molecular flexibility index (Phi) is 6.93. The highest BCUT2D eigenvalue weighted by molar-refractivity contribution is 6.07. The van der Waals surface area contributed by atoms with E-state index in [0.29, 0.717) is 43.0 Å². The Morgan fingerprint density at radius 3 is 2.52 bits per heavy atom. The van der Waals surface area contributed by atoms with Crippen molar-refractivity contribution in [1.82, 2.24) is 19.8 Å². The van der Waals surface area contributed by atoms with Crippen molar-refractivity contribution in [2.24, 2.45) is 0 Å². The summed E-state index contributed by atoms with van der Waals surface area (Å²) in [5.74, 6) is -0.632. The fourth-order valence-electron chi connectivity index (χ4n) is 5.87. The van der Waals surface area contributed by atoms with Crippen LogP contribution in [0.1, 0.15) is 51.1 Å². The number of anilines is 3. The van der Waals surface area contributed by atoms with Gasteiger partial charge < -0.3 is 20.9 Å². The maximum Gasteiger partial charge on any atom is 0.416 e. The number of benzene rings is 2. The predicted octanol–water partition coefficient (Wildman–Crippen LogP) is 3.96. The van der Waals surface area contributed by atoms with Crippen molar-refractivity contribution in [3.8, 4) is 0 Å². The summed E-state index contributed by atoms with van der Waals surface area (Å²) in [6, 6.07) is 8.86. The standard InChI is InChI=1S/C30H32F3N7O2/c1-18-3-6-22(14-24(18)40-17-21-15-35-28(34)37-25(21)29(7-8-29)27(40)42)36-26(41)19-4-5-20(23(13-19)30(31,32)33)16-39-11-9-38(2)10-12-39/h3-6,13-15H,7-12,16-17H2,1-2H3,(H,36,41)(H2,34,35,37). The lowest BCUT2D eigenvalue weighted by Gasteiger charge is -2.34. The van der Waals surface area contributed by atoms with Crippen LogP contribution in [0.4, 0.5) is 30.5 Å². The quantitative estimate of drug-likeness (QED) is 0.471. The predicted molar refractivity (Wildman–Crippen MR) is 152 cm³/mol. The van der Waals surface area contributed by atoms with E-state index in [9.17, 15) is 22.8 Å². The zero-order valence-electron chi connectivity index (χ0n) is 23.5.